The molecule has 1 heterocycles. The number of methoxy groups -OCH3 is 1. The van der Waals surface area contributed by atoms with Gasteiger partial charge in [0.15, 0.2) is 11.6 Å². The van der Waals surface area contributed by atoms with Crippen LogP contribution < -0.4 is 10.5 Å². The number of rotatable bonds is 6. The summed E-state index contributed by atoms with van der Waals surface area (Å²) < 4.78 is 18.6. The Kier molecular flexibility index (Phi) is 6.14. The van der Waals surface area contributed by atoms with Crippen molar-refractivity contribution in [1.82, 2.24) is 9.80 Å². The molecule has 2 N–H and O–H groups in total. The highest BCUT2D eigenvalue weighted by molar-refractivity contribution is 5.79. The van der Waals surface area contributed by atoms with Crippen molar-refractivity contribution in [2.45, 2.75) is 19.4 Å². The number of benzene rings is 1. The molecule has 1 unspecified atom stereocenters. The second-order valence-electron chi connectivity index (χ2n) is 6.20. The van der Waals surface area contributed by atoms with Gasteiger partial charge in [-0.25, -0.2) is 4.39 Å². The van der Waals surface area contributed by atoms with Gasteiger partial charge in [-0.2, -0.15) is 0 Å². The molecule has 6 nitrogen and oxygen atoms in total. The van der Waals surface area contributed by atoms with Crippen molar-refractivity contribution >= 4 is 11.8 Å². The van der Waals surface area contributed by atoms with Gasteiger partial charge in [0.05, 0.1) is 19.6 Å². The number of carbonyl (C=O) groups excluding carboxylic acids is 2. The first kappa shape index (κ1) is 18.2. The van der Waals surface area contributed by atoms with Crippen molar-refractivity contribution in [3.63, 3.8) is 0 Å². The van der Waals surface area contributed by atoms with E-state index in [-0.39, 0.29) is 30.0 Å². The Morgan fingerprint density at radius 1 is 1.46 bits per heavy atom. The standard InChI is InChI=1S/C17H24FN3O3/c1-20(9-12-5-6-15(24-2)14(18)8-12)16(22)11-21-7-3-4-13(10-21)17(19)23/h5-6,8,13H,3-4,7,9-11H2,1-2H3,(H2,19,23). The number of nitrogens with two attached hydrogens (primary N) is 1. The number of likely N-dealkylation sites (N-methyl/N-ethyl adjacent to an activating group) is 1. The number of likely N-dealkylation sites (tertiary alicyclic amines) is 1. The van der Waals surface area contributed by atoms with E-state index >= 15 is 0 Å². The third-order valence-electron chi connectivity index (χ3n) is 4.33. The van der Waals surface area contributed by atoms with Gasteiger partial charge in [0, 0.05) is 20.1 Å². The maximum absolute atomic E-state index is 13.7. The highest BCUT2D eigenvalue weighted by Gasteiger charge is 2.25. The maximum atomic E-state index is 13.7. The summed E-state index contributed by atoms with van der Waals surface area (Å²) in [6.07, 6.45) is 1.63. The van der Waals surface area contributed by atoms with E-state index in [2.05, 4.69) is 0 Å². The number of primary amides is 1. The maximum Gasteiger partial charge on any atom is 0.236 e. The molecule has 24 heavy (non-hydrogen) atoms. The van der Waals surface area contributed by atoms with Gasteiger partial charge in [0.1, 0.15) is 0 Å². The lowest BCUT2D eigenvalue weighted by atomic mass is 9.97. The number of piperidine rings is 1. The normalized spacial score (nSPS) is 18.2. The van der Waals surface area contributed by atoms with Crippen LogP contribution in [-0.4, -0.2) is 55.4 Å². The van der Waals surface area contributed by atoms with E-state index in [0.717, 1.165) is 19.4 Å². The van der Waals surface area contributed by atoms with Gasteiger partial charge in [-0.1, -0.05) is 6.07 Å². The summed E-state index contributed by atoms with van der Waals surface area (Å²) in [4.78, 5) is 27.2. The lowest BCUT2D eigenvalue weighted by Gasteiger charge is -2.31. The van der Waals surface area contributed by atoms with Gasteiger partial charge in [0.2, 0.25) is 11.8 Å². The largest absolute Gasteiger partial charge is 0.494 e. The minimum absolute atomic E-state index is 0.0728. The molecule has 0 aliphatic carbocycles. The summed E-state index contributed by atoms with van der Waals surface area (Å²) in [5.74, 6) is -0.840. The second-order valence-corrected chi connectivity index (χ2v) is 6.20. The first-order valence-electron chi connectivity index (χ1n) is 7.98. The fraction of sp³-hybridized carbons (Fsp3) is 0.529. The zero-order valence-corrected chi connectivity index (χ0v) is 14.1. The Labute approximate surface area is 141 Å². The molecule has 2 rings (SSSR count). The van der Waals surface area contributed by atoms with Crippen LogP contribution in [0.15, 0.2) is 18.2 Å². The zero-order chi connectivity index (χ0) is 17.7. The smallest absolute Gasteiger partial charge is 0.236 e. The van der Waals surface area contributed by atoms with E-state index in [1.807, 2.05) is 4.90 Å². The molecule has 1 aromatic rings. The van der Waals surface area contributed by atoms with Gasteiger partial charge < -0.3 is 15.4 Å². The van der Waals surface area contributed by atoms with E-state index in [1.54, 1.807) is 24.1 Å². The predicted molar refractivity (Wildman–Crippen MR) is 87.8 cm³/mol. The fourth-order valence-electron chi connectivity index (χ4n) is 2.91. The lowest BCUT2D eigenvalue weighted by molar-refractivity contribution is -0.133. The summed E-state index contributed by atoms with van der Waals surface area (Å²) in [5.41, 5.74) is 6.05. The third kappa shape index (κ3) is 4.67. The lowest BCUT2D eigenvalue weighted by Crippen LogP contribution is -2.45. The Hall–Kier alpha value is -2.15. The minimum Gasteiger partial charge on any atom is -0.494 e. The number of halogens is 1. The van der Waals surface area contributed by atoms with E-state index in [9.17, 15) is 14.0 Å². The molecule has 0 saturated carbocycles. The summed E-state index contributed by atoms with van der Waals surface area (Å²) in [7, 11) is 3.09. The molecule has 1 saturated heterocycles. The average molecular weight is 337 g/mol. The first-order chi connectivity index (χ1) is 11.4. The van der Waals surface area contributed by atoms with Crippen molar-refractivity contribution in [2.24, 2.45) is 11.7 Å². The molecule has 1 atom stereocenters. The molecule has 0 spiro atoms. The monoisotopic (exact) mass is 337 g/mol. The number of nitrogens with zero attached hydrogens (tertiary/aromatic N) is 2. The van der Waals surface area contributed by atoms with Crippen LogP contribution in [0.2, 0.25) is 0 Å². The Bertz CT molecular complexity index is 609. The molecule has 132 valence electrons. The Morgan fingerprint density at radius 2 is 2.21 bits per heavy atom. The molecule has 1 aromatic carbocycles. The Morgan fingerprint density at radius 3 is 2.83 bits per heavy atom. The van der Waals surface area contributed by atoms with Crippen molar-refractivity contribution in [3.05, 3.63) is 29.6 Å². The number of hydrogen-bond donors (Lipinski definition) is 1. The van der Waals surface area contributed by atoms with Gasteiger partial charge in [-0.15, -0.1) is 0 Å². The molecule has 1 fully saturated rings. The number of carbonyl (C=O) groups is 2. The Balaban J connectivity index is 1.90. The van der Waals surface area contributed by atoms with Crippen LogP contribution in [0.1, 0.15) is 18.4 Å². The van der Waals surface area contributed by atoms with Crippen LogP contribution >= 0.6 is 0 Å². The van der Waals surface area contributed by atoms with E-state index in [1.165, 1.54) is 13.2 Å². The molecule has 1 aliphatic rings. The molecule has 2 amide bonds. The van der Waals surface area contributed by atoms with Gasteiger partial charge in [-0.3, -0.25) is 14.5 Å². The van der Waals surface area contributed by atoms with Crippen molar-refractivity contribution in [2.75, 3.05) is 33.8 Å². The molecule has 0 radical (unpaired) electrons. The highest BCUT2D eigenvalue weighted by atomic mass is 19.1. The summed E-state index contributed by atoms with van der Waals surface area (Å²) >= 11 is 0. The molecule has 0 aromatic heterocycles. The molecule has 0 bridgehead atoms. The molecular formula is C17H24FN3O3. The number of hydrogen-bond acceptors (Lipinski definition) is 4. The van der Waals surface area contributed by atoms with Crippen molar-refractivity contribution in [3.8, 4) is 5.75 Å². The van der Waals surface area contributed by atoms with Crippen molar-refractivity contribution < 1.29 is 18.7 Å². The number of amides is 2. The molecule has 7 heteroatoms. The van der Waals surface area contributed by atoms with Gasteiger partial charge in [-0.05, 0) is 37.1 Å². The predicted octanol–water partition coefficient (Wildman–Crippen LogP) is 0.990. The molecule has 1 aliphatic heterocycles. The minimum atomic E-state index is -0.448. The van der Waals surface area contributed by atoms with Crippen molar-refractivity contribution in [1.29, 1.82) is 0 Å². The quantitative estimate of drug-likeness (QED) is 0.840. The van der Waals surface area contributed by atoms with E-state index in [4.69, 9.17) is 10.5 Å². The second kappa shape index (κ2) is 8.10. The number of ether oxygens (including phenoxy) is 1. The first-order valence-corrected chi connectivity index (χ1v) is 7.98. The van der Waals surface area contributed by atoms with Crippen LogP contribution in [0, 0.1) is 11.7 Å². The van der Waals surface area contributed by atoms with Crippen LogP contribution in [0.25, 0.3) is 0 Å². The highest BCUT2D eigenvalue weighted by Crippen LogP contribution is 2.19. The van der Waals surface area contributed by atoms with Crippen LogP contribution in [0.3, 0.4) is 0 Å². The summed E-state index contributed by atoms with van der Waals surface area (Å²) in [5, 5.41) is 0. The summed E-state index contributed by atoms with van der Waals surface area (Å²) in [6.45, 7) is 1.85. The van der Waals surface area contributed by atoms with E-state index in [0.29, 0.717) is 18.7 Å². The van der Waals surface area contributed by atoms with Crippen LogP contribution in [-0.2, 0) is 16.1 Å². The summed E-state index contributed by atoms with van der Waals surface area (Å²) in [6, 6.07) is 4.65. The van der Waals surface area contributed by atoms with Gasteiger partial charge >= 0.3 is 0 Å². The van der Waals surface area contributed by atoms with E-state index < -0.39 is 5.82 Å². The zero-order valence-electron chi connectivity index (χ0n) is 14.1. The molecular weight excluding hydrogens is 313 g/mol. The van der Waals surface area contributed by atoms with Crippen LogP contribution in [0.5, 0.6) is 5.75 Å². The average Bonchev–Trinajstić information content (AvgIpc) is 2.55. The van der Waals surface area contributed by atoms with Crippen LogP contribution in [0.4, 0.5) is 4.39 Å². The van der Waals surface area contributed by atoms with Gasteiger partial charge in [0.25, 0.3) is 0 Å². The topological polar surface area (TPSA) is 75.9 Å². The third-order valence-corrected chi connectivity index (χ3v) is 4.33. The fourth-order valence-corrected chi connectivity index (χ4v) is 2.91. The SMILES string of the molecule is COc1ccc(CN(C)C(=O)CN2CCCC(C(N)=O)C2)cc1F.